The number of hydrogen-bond acceptors (Lipinski definition) is 5. The summed E-state index contributed by atoms with van der Waals surface area (Å²) in [6.07, 6.45) is 4.20. The zero-order valence-electron chi connectivity index (χ0n) is 19.1. The molecule has 4 aliphatic carbocycles. The fourth-order valence-electron chi connectivity index (χ4n) is 7.96. The van der Waals surface area contributed by atoms with Gasteiger partial charge >= 0.3 is 11.9 Å². The molecule has 8 unspecified atom stereocenters. The lowest BCUT2D eigenvalue weighted by Gasteiger charge is -2.68. The van der Waals surface area contributed by atoms with Gasteiger partial charge in [-0.05, 0) is 83.1 Å². The molecule has 0 amide bonds. The van der Waals surface area contributed by atoms with E-state index in [1.165, 1.54) is 0 Å². The van der Waals surface area contributed by atoms with Gasteiger partial charge in [-0.3, -0.25) is 4.79 Å². The third-order valence-electron chi connectivity index (χ3n) is 10.0. The summed E-state index contributed by atoms with van der Waals surface area (Å²) in [7, 11) is 0. The topological polar surface area (TPSA) is 104 Å². The number of carboxylic acid groups (broad SMARTS) is 1. The van der Waals surface area contributed by atoms with E-state index in [1.54, 1.807) is 26.8 Å². The van der Waals surface area contributed by atoms with Gasteiger partial charge in [0, 0.05) is 16.4 Å². The third-order valence-corrected chi connectivity index (χ3v) is 10.0. The van der Waals surface area contributed by atoms with Crippen LogP contribution in [0.2, 0.25) is 0 Å². The van der Waals surface area contributed by atoms with Crippen molar-refractivity contribution in [2.45, 2.75) is 90.4 Å². The van der Waals surface area contributed by atoms with Crippen LogP contribution in [0.4, 0.5) is 0 Å². The first-order valence-electron chi connectivity index (χ1n) is 11.6. The number of allylic oxidation sites excluding steroid dienone is 1. The Morgan fingerprint density at radius 1 is 1.16 bits per heavy atom. The maximum Gasteiger partial charge on any atom is 0.333 e. The lowest BCUT2D eigenvalue weighted by molar-refractivity contribution is -0.288. The Morgan fingerprint density at radius 2 is 1.84 bits per heavy atom. The van der Waals surface area contributed by atoms with E-state index >= 15 is 0 Å². The quantitative estimate of drug-likeness (QED) is 0.358. The lowest BCUT2D eigenvalue weighted by atomic mass is 9.38. The molecule has 6 heteroatoms. The summed E-state index contributed by atoms with van der Waals surface area (Å²) in [4.78, 5) is 25.1. The van der Waals surface area contributed by atoms with Crippen molar-refractivity contribution >= 4 is 11.9 Å². The molecule has 31 heavy (non-hydrogen) atoms. The number of esters is 1. The molecule has 172 valence electrons. The van der Waals surface area contributed by atoms with E-state index in [9.17, 15) is 24.9 Å². The molecule has 0 aromatic heterocycles. The van der Waals surface area contributed by atoms with Gasteiger partial charge in [0.25, 0.3) is 0 Å². The predicted molar refractivity (Wildman–Crippen MR) is 115 cm³/mol. The number of carboxylic acids is 1. The number of aliphatic carboxylic acids is 1. The minimum atomic E-state index is -1.31. The minimum absolute atomic E-state index is 0.198. The van der Waals surface area contributed by atoms with Crippen LogP contribution in [-0.4, -0.2) is 45.1 Å². The van der Waals surface area contributed by atoms with Crippen molar-refractivity contribution in [1.29, 1.82) is 0 Å². The minimum Gasteiger partial charge on any atom is -0.481 e. The molecule has 6 nitrogen and oxygen atoms in total. The van der Waals surface area contributed by atoms with E-state index < -0.39 is 40.0 Å². The first-order chi connectivity index (χ1) is 14.4. The van der Waals surface area contributed by atoms with E-state index in [0.717, 1.165) is 12.0 Å². The molecule has 4 aliphatic rings. The highest BCUT2D eigenvalue weighted by atomic mass is 16.5. The van der Waals surface area contributed by atoms with Gasteiger partial charge in [0.15, 0.2) is 0 Å². The Balaban J connectivity index is 1.81. The second-order valence-electron chi connectivity index (χ2n) is 10.9. The average molecular weight is 433 g/mol. The van der Waals surface area contributed by atoms with Crippen LogP contribution < -0.4 is 0 Å². The standard InChI is InChI=1S/C25H36O6/c1-6-14(2)20(27)31-19-15(3)16-7-12-25(30)22(4)10-9-18(26)23(5,21(28)29)17(22)8-11-24(19,25)13-16/h6,16-19,26,30H,3,7-13H2,1-2,4-5H3,(H,28,29). The molecule has 0 aromatic carbocycles. The van der Waals surface area contributed by atoms with Crippen molar-refractivity contribution in [3.8, 4) is 0 Å². The summed E-state index contributed by atoms with van der Waals surface area (Å²) in [5.74, 6) is -1.56. The molecular weight excluding hydrogens is 396 g/mol. The van der Waals surface area contributed by atoms with Crippen LogP contribution in [-0.2, 0) is 14.3 Å². The highest BCUT2D eigenvalue weighted by molar-refractivity contribution is 5.88. The van der Waals surface area contributed by atoms with E-state index in [0.29, 0.717) is 44.1 Å². The summed E-state index contributed by atoms with van der Waals surface area (Å²) in [6.45, 7) is 11.4. The smallest absolute Gasteiger partial charge is 0.333 e. The average Bonchev–Trinajstić information content (AvgIpc) is 2.95. The lowest BCUT2D eigenvalue weighted by Crippen LogP contribution is -2.72. The largest absolute Gasteiger partial charge is 0.481 e. The van der Waals surface area contributed by atoms with E-state index in [2.05, 4.69) is 6.58 Å². The van der Waals surface area contributed by atoms with Crippen LogP contribution >= 0.6 is 0 Å². The molecule has 4 fully saturated rings. The van der Waals surface area contributed by atoms with Gasteiger partial charge in [-0.15, -0.1) is 0 Å². The maximum absolute atomic E-state index is 12.7. The molecular formula is C25H36O6. The van der Waals surface area contributed by atoms with Crippen LogP contribution in [0.1, 0.15) is 72.6 Å². The maximum atomic E-state index is 12.7. The van der Waals surface area contributed by atoms with E-state index in [-0.39, 0.29) is 17.8 Å². The Morgan fingerprint density at radius 3 is 2.45 bits per heavy atom. The third kappa shape index (κ3) is 2.58. The number of hydrogen-bond donors (Lipinski definition) is 3. The fourth-order valence-corrected chi connectivity index (χ4v) is 7.96. The Hall–Kier alpha value is -1.66. The zero-order valence-corrected chi connectivity index (χ0v) is 19.1. The molecule has 8 atom stereocenters. The van der Waals surface area contributed by atoms with Gasteiger partial charge < -0.3 is 20.1 Å². The predicted octanol–water partition coefficient (Wildman–Crippen LogP) is 3.61. The van der Waals surface area contributed by atoms with Gasteiger partial charge in [0.2, 0.25) is 0 Å². The molecule has 1 spiro atoms. The van der Waals surface area contributed by atoms with Gasteiger partial charge in [-0.25, -0.2) is 4.79 Å². The second-order valence-corrected chi connectivity index (χ2v) is 10.9. The highest BCUT2D eigenvalue weighted by Gasteiger charge is 2.76. The first kappa shape index (κ1) is 22.5. The Bertz CT molecular complexity index is 862. The summed E-state index contributed by atoms with van der Waals surface area (Å²) in [5.41, 5.74) is -2.47. The van der Waals surface area contributed by atoms with Crippen LogP contribution in [0.25, 0.3) is 0 Å². The van der Waals surface area contributed by atoms with Crippen molar-refractivity contribution in [3.05, 3.63) is 23.8 Å². The molecule has 3 N–H and O–H groups in total. The molecule has 0 aromatic rings. The summed E-state index contributed by atoms with van der Waals surface area (Å²) >= 11 is 0. The van der Waals surface area contributed by atoms with Crippen LogP contribution in [0.3, 0.4) is 0 Å². The zero-order chi connectivity index (χ0) is 23.0. The van der Waals surface area contributed by atoms with Gasteiger partial charge in [0.1, 0.15) is 6.10 Å². The monoisotopic (exact) mass is 432 g/mol. The Kier molecular flexibility index (Phi) is 5.03. The van der Waals surface area contributed by atoms with E-state index in [1.807, 2.05) is 6.92 Å². The SMILES string of the molecule is C=C1C2CCC3(O)C4(C)CCC(O)C(C)(C(=O)O)C4CCC3(C2)C1OC(=O)C(C)=CC. The van der Waals surface area contributed by atoms with Crippen molar-refractivity contribution < 1.29 is 29.6 Å². The van der Waals surface area contributed by atoms with Crippen molar-refractivity contribution in [3.63, 3.8) is 0 Å². The number of carbonyl (C=O) groups excluding carboxylic acids is 1. The number of fused-ring (bicyclic) bond motifs is 3. The molecule has 0 saturated heterocycles. The van der Waals surface area contributed by atoms with Gasteiger partial charge in [0.05, 0.1) is 17.1 Å². The number of carbonyl (C=O) groups is 2. The van der Waals surface area contributed by atoms with Gasteiger partial charge in [-0.2, -0.15) is 0 Å². The Labute approximate surface area is 184 Å². The fraction of sp³-hybridized carbons (Fsp3) is 0.760. The summed E-state index contributed by atoms with van der Waals surface area (Å²) < 4.78 is 6.03. The van der Waals surface area contributed by atoms with Gasteiger partial charge in [-0.1, -0.05) is 19.6 Å². The molecule has 4 rings (SSSR count). The first-order valence-corrected chi connectivity index (χ1v) is 11.6. The van der Waals surface area contributed by atoms with Crippen LogP contribution in [0, 0.1) is 28.1 Å². The van der Waals surface area contributed by atoms with Crippen LogP contribution in [0.5, 0.6) is 0 Å². The number of ether oxygens (including phenoxy) is 1. The van der Waals surface area contributed by atoms with Crippen molar-refractivity contribution in [1.82, 2.24) is 0 Å². The van der Waals surface area contributed by atoms with Crippen LogP contribution in [0.15, 0.2) is 23.8 Å². The second kappa shape index (κ2) is 6.92. The number of aliphatic hydroxyl groups excluding tert-OH is 1. The number of aliphatic hydroxyl groups is 2. The van der Waals surface area contributed by atoms with Crippen molar-refractivity contribution in [2.24, 2.45) is 28.1 Å². The normalized spacial score (nSPS) is 49.2. The highest BCUT2D eigenvalue weighted by Crippen LogP contribution is 2.74. The van der Waals surface area contributed by atoms with E-state index in [4.69, 9.17) is 4.74 Å². The number of rotatable bonds is 3. The molecule has 0 heterocycles. The molecule has 0 radical (unpaired) electrons. The summed E-state index contributed by atoms with van der Waals surface area (Å²) in [6, 6.07) is 0. The van der Waals surface area contributed by atoms with Crippen molar-refractivity contribution in [2.75, 3.05) is 0 Å². The summed E-state index contributed by atoms with van der Waals surface area (Å²) in [5, 5.41) is 33.3. The molecule has 4 saturated carbocycles. The molecule has 0 aliphatic heterocycles. The molecule has 2 bridgehead atoms.